The van der Waals surface area contributed by atoms with E-state index in [9.17, 15) is 4.79 Å². The van der Waals surface area contributed by atoms with E-state index in [2.05, 4.69) is 30.2 Å². The standard InChI is InChI=1S/C15H11N7O/c1-9-5-16-8-12(19-9)11-4-13-10(6-17-11)7-18-22(13)14-2-3-15(23)21-20-14/h2-8H,1H3,(H,21,23). The molecule has 8 heteroatoms. The van der Waals surface area contributed by atoms with Crippen LogP contribution in [-0.4, -0.2) is 34.9 Å². The monoisotopic (exact) mass is 305 g/mol. The van der Waals surface area contributed by atoms with Crippen LogP contribution in [0.4, 0.5) is 0 Å². The zero-order chi connectivity index (χ0) is 15.8. The molecule has 0 saturated carbocycles. The number of nitrogens with one attached hydrogen (secondary N) is 1. The number of rotatable bonds is 2. The number of hydrogen-bond acceptors (Lipinski definition) is 6. The lowest BCUT2D eigenvalue weighted by Gasteiger charge is -2.04. The maximum Gasteiger partial charge on any atom is 0.264 e. The van der Waals surface area contributed by atoms with Crippen molar-refractivity contribution >= 4 is 10.9 Å². The van der Waals surface area contributed by atoms with Gasteiger partial charge in [-0.3, -0.25) is 14.8 Å². The van der Waals surface area contributed by atoms with Gasteiger partial charge in [-0.15, -0.1) is 0 Å². The van der Waals surface area contributed by atoms with Crippen molar-refractivity contribution in [1.82, 2.24) is 34.9 Å². The lowest BCUT2D eigenvalue weighted by atomic mass is 10.2. The quantitative estimate of drug-likeness (QED) is 0.598. The summed E-state index contributed by atoms with van der Waals surface area (Å²) in [6, 6.07) is 4.89. The summed E-state index contributed by atoms with van der Waals surface area (Å²) < 4.78 is 1.64. The van der Waals surface area contributed by atoms with E-state index in [0.717, 1.165) is 16.6 Å². The van der Waals surface area contributed by atoms with Crippen LogP contribution in [0.1, 0.15) is 5.69 Å². The van der Waals surface area contributed by atoms with E-state index in [1.54, 1.807) is 35.5 Å². The smallest absolute Gasteiger partial charge is 0.264 e. The van der Waals surface area contributed by atoms with Crippen molar-refractivity contribution in [1.29, 1.82) is 0 Å². The van der Waals surface area contributed by atoms with E-state index in [0.29, 0.717) is 17.2 Å². The highest BCUT2D eigenvalue weighted by Crippen LogP contribution is 2.21. The summed E-state index contributed by atoms with van der Waals surface area (Å²) in [6.45, 7) is 1.88. The molecule has 0 atom stereocenters. The van der Waals surface area contributed by atoms with Crippen molar-refractivity contribution in [2.75, 3.05) is 0 Å². The first-order chi connectivity index (χ1) is 11.2. The van der Waals surface area contributed by atoms with Gasteiger partial charge < -0.3 is 0 Å². The van der Waals surface area contributed by atoms with Gasteiger partial charge in [0, 0.05) is 23.8 Å². The largest absolute Gasteiger partial charge is 0.268 e. The van der Waals surface area contributed by atoms with Crippen LogP contribution >= 0.6 is 0 Å². The fraction of sp³-hybridized carbons (Fsp3) is 0.0667. The van der Waals surface area contributed by atoms with Gasteiger partial charge in [-0.05, 0) is 19.1 Å². The van der Waals surface area contributed by atoms with Crippen molar-refractivity contribution in [3.63, 3.8) is 0 Å². The summed E-state index contributed by atoms with van der Waals surface area (Å²) in [5.41, 5.74) is 2.76. The third-order valence-electron chi connectivity index (χ3n) is 3.35. The maximum atomic E-state index is 11.2. The Morgan fingerprint density at radius 1 is 1.09 bits per heavy atom. The predicted molar refractivity (Wildman–Crippen MR) is 83.0 cm³/mol. The molecule has 0 unspecified atom stereocenters. The van der Waals surface area contributed by atoms with Gasteiger partial charge in [0.25, 0.3) is 5.56 Å². The highest BCUT2D eigenvalue weighted by molar-refractivity contribution is 5.82. The molecule has 8 nitrogen and oxygen atoms in total. The fourth-order valence-electron chi connectivity index (χ4n) is 2.28. The van der Waals surface area contributed by atoms with Crippen LogP contribution in [0.15, 0.2) is 47.8 Å². The van der Waals surface area contributed by atoms with Crippen LogP contribution < -0.4 is 5.56 Å². The van der Waals surface area contributed by atoms with Crippen LogP contribution in [0.25, 0.3) is 28.1 Å². The molecule has 0 aromatic carbocycles. The van der Waals surface area contributed by atoms with Crippen LogP contribution in [0.3, 0.4) is 0 Å². The molecule has 0 aliphatic carbocycles. The van der Waals surface area contributed by atoms with Crippen molar-refractivity contribution in [3.05, 3.63) is 59.0 Å². The molecule has 4 heterocycles. The molecule has 0 fully saturated rings. The van der Waals surface area contributed by atoms with Gasteiger partial charge in [0.2, 0.25) is 0 Å². The first-order valence-electron chi connectivity index (χ1n) is 6.89. The average molecular weight is 305 g/mol. The Balaban J connectivity index is 1.89. The van der Waals surface area contributed by atoms with Gasteiger partial charge in [-0.1, -0.05) is 0 Å². The normalized spacial score (nSPS) is 11.0. The van der Waals surface area contributed by atoms with E-state index in [1.165, 1.54) is 6.07 Å². The van der Waals surface area contributed by atoms with Gasteiger partial charge in [0.15, 0.2) is 5.82 Å². The molecular weight excluding hydrogens is 294 g/mol. The zero-order valence-electron chi connectivity index (χ0n) is 12.1. The number of aromatic amines is 1. The summed E-state index contributed by atoms with van der Waals surface area (Å²) in [5.74, 6) is 0.520. The second-order valence-electron chi connectivity index (χ2n) is 5.01. The van der Waals surface area contributed by atoms with Crippen LogP contribution in [0, 0.1) is 6.92 Å². The summed E-state index contributed by atoms with van der Waals surface area (Å²) >= 11 is 0. The second-order valence-corrected chi connectivity index (χ2v) is 5.01. The number of nitrogens with zero attached hydrogens (tertiary/aromatic N) is 6. The number of pyridine rings is 1. The molecule has 0 aliphatic rings. The van der Waals surface area contributed by atoms with Crippen LogP contribution in [-0.2, 0) is 0 Å². The Hall–Kier alpha value is -3.42. The number of aryl methyl sites for hydroxylation is 1. The number of hydrogen-bond donors (Lipinski definition) is 1. The molecule has 0 bridgehead atoms. The van der Waals surface area contributed by atoms with E-state index >= 15 is 0 Å². The fourth-order valence-corrected chi connectivity index (χ4v) is 2.28. The van der Waals surface area contributed by atoms with Crippen molar-refractivity contribution < 1.29 is 0 Å². The Kier molecular flexibility index (Phi) is 2.94. The molecule has 4 aromatic heterocycles. The van der Waals surface area contributed by atoms with Gasteiger partial charge in [-0.25, -0.2) is 14.8 Å². The van der Waals surface area contributed by atoms with Gasteiger partial charge >= 0.3 is 0 Å². The minimum absolute atomic E-state index is 0.261. The van der Waals surface area contributed by atoms with Crippen molar-refractivity contribution in [3.8, 4) is 17.2 Å². The van der Waals surface area contributed by atoms with E-state index < -0.39 is 0 Å². The first-order valence-corrected chi connectivity index (χ1v) is 6.89. The number of aromatic nitrogens is 7. The minimum Gasteiger partial charge on any atom is -0.268 e. The lowest BCUT2D eigenvalue weighted by molar-refractivity contribution is 0.827. The van der Waals surface area contributed by atoms with Crippen LogP contribution in [0.2, 0.25) is 0 Å². The van der Waals surface area contributed by atoms with Crippen molar-refractivity contribution in [2.45, 2.75) is 6.92 Å². The topological polar surface area (TPSA) is 102 Å². The molecule has 4 rings (SSSR count). The van der Waals surface area contributed by atoms with E-state index in [1.807, 2.05) is 13.0 Å². The van der Waals surface area contributed by atoms with Gasteiger partial charge in [0.1, 0.15) is 5.69 Å². The zero-order valence-corrected chi connectivity index (χ0v) is 12.1. The Labute approximate surface area is 129 Å². The molecule has 23 heavy (non-hydrogen) atoms. The van der Waals surface area contributed by atoms with Crippen LogP contribution in [0.5, 0.6) is 0 Å². The highest BCUT2D eigenvalue weighted by atomic mass is 16.1. The molecule has 0 spiro atoms. The number of fused-ring (bicyclic) bond motifs is 1. The molecule has 112 valence electrons. The second kappa shape index (κ2) is 5.09. The summed E-state index contributed by atoms with van der Waals surface area (Å²) in [7, 11) is 0. The summed E-state index contributed by atoms with van der Waals surface area (Å²) in [5, 5.41) is 11.6. The third-order valence-corrected chi connectivity index (χ3v) is 3.35. The number of H-pyrrole nitrogens is 1. The Morgan fingerprint density at radius 2 is 2.00 bits per heavy atom. The Bertz CT molecular complexity index is 1050. The molecule has 1 N–H and O–H groups in total. The Morgan fingerprint density at radius 3 is 2.78 bits per heavy atom. The third kappa shape index (κ3) is 2.35. The average Bonchev–Trinajstić information content (AvgIpc) is 2.99. The van der Waals surface area contributed by atoms with E-state index in [-0.39, 0.29) is 5.56 Å². The van der Waals surface area contributed by atoms with E-state index in [4.69, 9.17) is 0 Å². The SMILES string of the molecule is Cc1cncc(-c2cc3c(cn2)cnn3-c2ccc(=O)[nH]n2)n1. The summed E-state index contributed by atoms with van der Waals surface area (Å²) in [4.78, 5) is 24.1. The first kappa shape index (κ1) is 13.3. The molecule has 0 radical (unpaired) electrons. The highest BCUT2D eigenvalue weighted by Gasteiger charge is 2.10. The summed E-state index contributed by atoms with van der Waals surface area (Å²) in [6.07, 6.45) is 6.78. The molecule has 0 aliphatic heterocycles. The maximum absolute atomic E-state index is 11.2. The predicted octanol–water partition coefficient (Wildman–Crippen LogP) is 1.27. The van der Waals surface area contributed by atoms with Crippen molar-refractivity contribution in [2.24, 2.45) is 0 Å². The lowest BCUT2D eigenvalue weighted by Crippen LogP contribution is -2.09. The molecule has 0 amide bonds. The van der Waals surface area contributed by atoms with Gasteiger partial charge in [0.05, 0.1) is 29.3 Å². The van der Waals surface area contributed by atoms with Gasteiger partial charge in [-0.2, -0.15) is 10.2 Å². The molecular formula is C15H11N7O. The molecule has 4 aromatic rings. The molecule has 0 saturated heterocycles. The minimum atomic E-state index is -0.261.